The lowest BCUT2D eigenvalue weighted by molar-refractivity contribution is -0.134. The lowest BCUT2D eigenvalue weighted by Crippen LogP contribution is -2.48. The molecule has 1 saturated carbocycles. The molecule has 3 N–H and O–H groups in total. The maximum atomic E-state index is 13.7. The summed E-state index contributed by atoms with van der Waals surface area (Å²) in [6.07, 6.45) is 8.34. The molecule has 0 radical (unpaired) electrons. The maximum Gasteiger partial charge on any atom is 0.355 e. The Morgan fingerprint density at radius 2 is 1.65 bits per heavy atom. The van der Waals surface area contributed by atoms with Gasteiger partial charge in [0.15, 0.2) is 10.8 Å². The number of aryl methyl sites for hydroxylation is 1. The Labute approximate surface area is 435 Å². The van der Waals surface area contributed by atoms with E-state index in [0.29, 0.717) is 66.3 Å². The number of piperazine rings is 1. The molecule has 2 atom stereocenters. The summed E-state index contributed by atoms with van der Waals surface area (Å²) in [7, 11) is 2.06. The summed E-state index contributed by atoms with van der Waals surface area (Å²) in [6.45, 7) is 10.3. The van der Waals surface area contributed by atoms with Gasteiger partial charge in [0.2, 0.25) is 17.8 Å². The third kappa shape index (κ3) is 10.2. The number of carboxylic acid groups (broad SMARTS) is 1. The van der Waals surface area contributed by atoms with Crippen LogP contribution in [0.4, 0.5) is 16.9 Å². The first-order valence-electron chi connectivity index (χ1n) is 26.2. The quantitative estimate of drug-likeness (QED) is 0.0882. The van der Waals surface area contributed by atoms with E-state index in [-0.39, 0.29) is 35.4 Å². The van der Waals surface area contributed by atoms with Gasteiger partial charge in [-0.05, 0) is 140 Å². The van der Waals surface area contributed by atoms with Gasteiger partial charge in [-0.3, -0.25) is 29.9 Å². The smallest absolute Gasteiger partial charge is 0.355 e. The van der Waals surface area contributed by atoms with E-state index in [1.165, 1.54) is 24.2 Å². The molecule has 3 amide bonds. The molecule has 0 spiro atoms. The standard InChI is InChI=1S/C58H63N9O6S/c1-35(33-65-28-30-66(31-29-65)58-60-47-32-39(18-23-48(47)64(58)3)42-22-25-52(68)62-54(42)69)14-15-37-16-19-40(20-17-37)73-49-12-7-9-41(36(49)2)43-21-24-51(61-53(43)56(71)72)67-27-26-38-8-6-10-44(45(38)34-67)55(70)63-57-59-46-11-4-5-13-50(46)74-57/h4-13,18,21,23-24,32,35,37,40,42H,14-17,19-20,22,25-31,33-34H2,1-3H3,(H,71,72)(H,59,63,70)(H,62,68,69). The van der Waals surface area contributed by atoms with Crippen molar-refractivity contribution in [1.82, 2.24) is 29.7 Å². The van der Waals surface area contributed by atoms with Crippen molar-refractivity contribution in [3.63, 3.8) is 0 Å². The minimum absolute atomic E-state index is 0.0183. The van der Waals surface area contributed by atoms with E-state index in [4.69, 9.17) is 14.7 Å². The molecule has 7 aromatic rings. The number of ether oxygens (including phenoxy) is 1. The molecule has 1 aliphatic carbocycles. The summed E-state index contributed by atoms with van der Waals surface area (Å²) in [6, 6.07) is 29.3. The molecule has 0 bridgehead atoms. The highest BCUT2D eigenvalue weighted by molar-refractivity contribution is 7.22. The van der Waals surface area contributed by atoms with Crippen molar-refractivity contribution in [3.8, 4) is 16.9 Å². The predicted octanol–water partition coefficient (Wildman–Crippen LogP) is 9.76. The van der Waals surface area contributed by atoms with Gasteiger partial charge in [0.25, 0.3) is 5.91 Å². The Kier molecular flexibility index (Phi) is 13.9. The molecule has 4 aliphatic rings. The van der Waals surface area contributed by atoms with Crippen LogP contribution in [0.2, 0.25) is 0 Å². The van der Waals surface area contributed by atoms with Crippen LogP contribution in [0, 0.1) is 18.8 Å². The average molecular weight is 1010 g/mol. The van der Waals surface area contributed by atoms with Crippen molar-refractivity contribution in [3.05, 3.63) is 125 Å². The third-order valence-corrected chi connectivity index (χ3v) is 16.9. The van der Waals surface area contributed by atoms with Crippen molar-refractivity contribution in [2.75, 3.05) is 54.4 Å². The lowest BCUT2D eigenvalue weighted by Gasteiger charge is -2.36. The number of benzene rings is 4. The number of piperidine rings is 1. The fourth-order valence-electron chi connectivity index (χ4n) is 11.7. The normalized spacial score (nSPS) is 19.9. The van der Waals surface area contributed by atoms with Crippen molar-refractivity contribution >= 4 is 73.2 Å². The number of aromatic nitrogens is 4. The average Bonchev–Trinajstić information content (AvgIpc) is 3.98. The number of carbonyl (C=O) groups is 4. The monoisotopic (exact) mass is 1010 g/mol. The van der Waals surface area contributed by atoms with Gasteiger partial charge in [-0.2, -0.15) is 0 Å². The van der Waals surface area contributed by atoms with Gasteiger partial charge in [-0.25, -0.2) is 19.7 Å². The number of imide groups is 1. The molecule has 11 rings (SSSR count). The van der Waals surface area contributed by atoms with Crippen LogP contribution in [0.1, 0.15) is 107 Å². The molecule has 382 valence electrons. The molecule has 16 heteroatoms. The summed E-state index contributed by atoms with van der Waals surface area (Å²) < 4.78 is 9.86. The van der Waals surface area contributed by atoms with E-state index in [1.54, 1.807) is 0 Å². The van der Waals surface area contributed by atoms with Crippen LogP contribution in [-0.4, -0.2) is 98.6 Å². The van der Waals surface area contributed by atoms with E-state index in [9.17, 15) is 24.3 Å². The van der Waals surface area contributed by atoms with Gasteiger partial charge < -0.3 is 24.2 Å². The first kappa shape index (κ1) is 49.1. The summed E-state index contributed by atoms with van der Waals surface area (Å²) in [5, 5.41) is 16.6. The van der Waals surface area contributed by atoms with E-state index in [2.05, 4.69) is 54.9 Å². The summed E-state index contributed by atoms with van der Waals surface area (Å²) in [5.74, 6) is 1.48. The molecule has 3 aliphatic heterocycles. The molecular weight excluding hydrogens is 951 g/mol. The van der Waals surface area contributed by atoms with Gasteiger partial charge in [0, 0.05) is 70.4 Å². The number of anilines is 3. The first-order valence-corrected chi connectivity index (χ1v) is 27.0. The predicted molar refractivity (Wildman–Crippen MR) is 289 cm³/mol. The van der Waals surface area contributed by atoms with Gasteiger partial charge in [0.1, 0.15) is 11.6 Å². The zero-order valence-corrected chi connectivity index (χ0v) is 43.1. The minimum Gasteiger partial charge on any atom is -0.490 e. The van der Waals surface area contributed by atoms with Gasteiger partial charge in [-0.1, -0.05) is 67.1 Å². The second-order valence-corrected chi connectivity index (χ2v) is 21.8. The van der Waals surface area contributed by atoms with Crippen molar-refractivity contribution in [1.29, 1.82) is 0 Å². The number of pyridine rings is 1. The number of carboxylic acids is 1. The van der Waals surface area contributed by atoms with E-state index >= 15 is 0 Å². The number of nitrogens with zero attached hydrogens (tertiary/aromatic N) is 7. The zero-order valence-electron chi connectivity index (χ0n) is 42.3. The molecule has 4 aromatic carbocycles. The van der Waals surface area contributed by atoms with Crippen molar-refractivity contribution < 1.29 is 29.0 Å². The summed E-state index contributed by atoms with van der Waals surface area (Å²) in [4.78, 5) is 72.2. The van der Waals surface area contributed by atoms with Crippen molar-refractivity contribution in [2.24, 2.45) is 18.9 Å². The number of fused-ring (bicyclic) bond motifs is 3. The van der Waals surface area contributed by atoms with Crippen molar-refractivity contribution in [2.45, 2.75) is 90.2 Å². The first-order chi connectivity index (χ1) is 35.9. The van der Waals surface area contributed by atoms with Gasteiger partial charge in [-0.15, -0.1) is 0 Å². The molecule has 6 heterocycles. The third-order valence-electron chi connectivity index (χ3n) is 15.9. The molecule has 74 heavy (non-hydrogen) atoms. The van der Waals surface area contributed by atoms with E-state index in [1.807, 2.05) is 91.9 Å². The van der Waals surface area contributed by atoms with Crippen LogP contribution >= 0.6 is 11.3 Å². The van der Waals surface area contributed by atoms with Gasteiger partial charge in [0.05, 0.1) is 33.3 Å². The Bertz CT molecular complexity index is 3250. The van der Waals surface area contributed by atoms with Crippen LogP contribution in [-0.2, 0) is 29.6 Å². The number of para-hydroxylation sites is 1. The number of aromatic carboxylic acids is 1. The maximum absolute atomic E-state index is 13.7. The highest BCUT2D eigenvalue weighted by Crippen LogP contribution is 2.38. The fraction of sp³-hybridized carbons (Fsp3) is 0.397. The molecule has 15 nitrogen and oxygen atoms in total. The van der Waals surface area contributed by atoms with Crippen LogP contribution < -0.4 is 25.2 Å². The number of amides is 3. The number of rotatable bonds is 14. The Morgan fingerprint density at radius 1 is 0.838 bits per heavy atom. The van der Waals surface area contributed by atoms with Crippen LogP contribution in [0.5, 0.6) is 5.75 Å². The molecule has 2 unspecified atom stereocenters. The van der Waals surface area contributed by atoms with Crippen LogP contribution in [0.3, 0.4) is 0 Å². The zero-order chi connectivity index (χ0) is 51.0. The highest BCUT2D eigenvalue weighted by Gasteiger charge is 2.31. The van der Waals surface area contributed by atoms with Gasteiger partial charge >= 0.3 is 5.97 Å². The number of hydrogen-bond acceptors (Lipinski definition) is 12. The second kappa shape index (κ2) is 21.0. The van der Waals surface area contributed by atoms with E-state index < -0.39 is 5.97 Å². The van der Waals surface area contributed by atoms with Crippen LogP contribution in [0.25, 0.3) is 32.4 Å². The highest BCUT2D eigenvalue weighted by atomic mass is 32.1. The Morgan fingerprint density at radius 3 is 2.45 bits per heavy atom. The molecule has 2 saturated heterocycles. The topological polar surface area (TPSA) is 175 Å². The van der Waals surface area contributed by atoms with E-state index in [0.717, 1.165) is 119 Å². The number of hydrogen-bond donors (Lipinski definition) is 3. The molecule has 3 aromatic heterocycles. The fourth-order valence-corrected chi connectivity index (χ4v) is 12.6. The molecular formula is C58H63N9O6S. The Hall–Kier alpha value is -7.17. The number of nitrogens with one attached hydrogen (secondary N) is 2. The number of carbonyl (C=O) groups excluding carboxylic acids is 3. The second-order valence-electron chi connectivity index (χ2n) is 20.8. The Balaban J connectivity index is 0.658. The minimum atomic E-state index is -1.10. The number of imidazole rings is 1. The summed E-state index contributed by atoms with van der Waals surface area (Å²) in [5.41, 5.74) is 8.42. The number of thiazole rings is 1. The lowest BCUT2D eigenvalue weighted by atomic mass is 9.83. The molecule has 3 fully saturated rings. The van der Waals surface area contributed by atoms with Crippen LogP contribution in [0.15, 0.2) is 91.0 Å². The largest absolute Gasteiger partial charge is 0.490 e. The summed E-state index contributed by atoms with van der Waals surface area (Å²) >= 11 is 1.44. The SMILES string of the molecule is Cc1c(OC2CCC(CCC(C)CN3CCN(c4nc5cc(C6CCC(=O)NC6=O)ccc5n4C)CC3)CC2)cccc1-c1ccc(N2CCc3cccc(C(=O)Nc4nc5ccccc5s4)c3C2)nc1C(=O)O.